The van der Waals surface area contributed by atoms with Crippen LogP contribution in [0.4, 0.5) is 5.69 Å². The van der Waals surface area contributed by atoms with Crippen LogP contribution in [-0.2, 0) is 13.0 Å². The van der Waals surface area contributed by atoms with E-state index in [2.05, 4.69) is 34.1 Å². The van der Waals surface area contributed by atoms with E-state index in [0.29, 0.717) is 17.8 Å². The molecule has 1 aromatic heterocycles. The summed E-state index contributed by atoms with van der Waals surface area (Å²) in [5.41, 5.74) is 3.98. The van der Waals surface area contributed by atoms with Crippen LogP contribution in [0, 0.1) is 0 Å². The van der Waals surface area contributed by atoms with E-state index in [9.17, 15) is 9.90 Å². The molecule has 3 aromatic rings. The Morgan fingerprint density at radius 3 is 2.55 bits per heavy atom. The number of hydrogen-bond acceptors (Lipinski definition) is 4. The lowest BCUT2D eigenvalue weighted by Gasteiger charge is -2.32. The fraction of sp³-hybridized carbons (Fsp3) is 0.250. The predicted octanol–water partition coefficient (Wildman–Crippen LogP) is 3.15. The van der Waals surface area contributed by atoms with Crippen molar-refractivity contribution in [2.45, 2.75) is 19.1 Å². The van der Waals surface area contributed by atoms with Crippen LogP contribution in [0.5, 0.6) is 0 Å². The molecule has 1 aliphatic heterocycles. The van der Waals surface area contributed by atoms with Gasteiger partial charge in [0.25, 0.3) is 5.91 Å². The molecule has 2 heterocycles. The van der Waals surface area contributed by atoms with Crippen LogP contribution in [0.25, 0.3) is 0 Å². The second kappa shape index (κ2) is 8.99. The van der Waals surface area contributed by atoms with Crippen LogP contribution in [-0.4, -0.2) is 46.6 Å². The van der Waals surface area contributed by atoms with Gasteiger partial charge in [0.05, 0.1) is 24.5 Å². The number of carbonyl (C=O) groups excluding carboxylic acids is 1. The van der Waals surface area contributed by atoms with Crippen molar-refractivity contribution in [1.29, 1.82) is 0 Å². The number of fused-ring (bicyclic) bond motifs is 1. The third-order valence-corrected chi connectivity index (χ3v) is 5.30. The summed E-state index contributed by atoms with van der Waals surface area (Å²) in [4.78, 5) is 21.1. The SMILES string of the molecule is O=C(c1ccccc1)N(CC(O)CN1CCc2ccccc2C1)c1cccnc1. The maximum absolute atomic E-state index is 13.1. The average molecular weight is 387 g/mol. The highest BCUT2D eigenvalue weighted by molar-refractivity contribution is 6.06. The standard InChI is InChI=1S/C24H25N3O2/c28-23(17-26-14-12-19-7-4-5-10-21(19)16-26)18-27(22-11-6-13-25-15-22)24(29)20-8-2-1-3-9-20/h1-11,13,15,23,28H,12,14,16-18H2. The number of amides is 1. The lowest BCUT2D eigenvalue weighted by Crippen LogP contribution is -2.44. The number of nitrogens with zero attached hydrogens (tertiary/aromatic N) is 3. The molecule has 5 nitrogen and oxygen atoms in total. The minimum Gasteiger partial charge on any atom is -0.390 e. The molecule has 2 aromatic carbocycles. The number of aliphatic hydroxyl groups excluding tert-OH is 1. The molecule has 0 saturated heterocycles. The summed E-state index contributed by atoms with van der Waals surface area (Å²) < 4.78 is 0. The van der Waals surface area contributed by atoms with Gasteiger partial charge in [-0.1, -0.05) is 42.5 Å². The number of aliphatic hydroxyl groups is 1. The van der Waals surface area contributed by atoms with Gasteiger partial charge in [0.2, 0.25) is 0 Å². The lowest BCUT2D eigenvalue weighted by atomic mass is 10.00. The first kappa shape index (κ1) is 19.3. The van der Waals surface area contributed by atoms with Gasteiger partial charge in [-0.15, -0.1) is 0 Å². The third kappa shape index (κ3) is 4.70. The first-order chi connectivity index (χ1) is 14.2. The second-order valence-corrected chi connectivity index (χ2v) is 7.40. The molecule has 1 aliphatic rings. The van der Waals surface area contributed by atoms with Gasteiger partial charge in [-0.2, -0.15) is 0 Å². The van der Waals surface area contributed by atoms with Crippen LogP contribution in [0.3, 0.4) is 0 Å². The molecular weight excluding hydrogens is 362 g/mol. The fourth-order valence-corrected chi connectivity index (χ4v) is 3.83. The third-order valence-electron chi connectivity index (χ3n) is 5.30. The van der Waals surface area contributed by atoms with Crippen molar-refractivity contribution >= 4 is 11.6 Å². The van der Waals surface area contributed by atoms with Crippen LogP contribution in [0.1, 0.15) is 21.5 Å². The van der Waals surface area contributed by atoms with Gasteiger partial charge in [0.15, 0.2) is 0 Å². The van der Waals surface area contributed by atoms with E-state index in [0.717, 1.165) is 19.5 Å². The summed E-state index contributed by atoms with van der Waals surface area (Å²) in [7, 11) is 0. The molecular formula is C24H25N3O2. The van der Waals surface area contributed by atoms with E-state index in [1.54, 1.807) is 35.5 Å². The van der Waals surface area contributed by atoms with E-state index >= 15 is 0 Å². The molecule has 0 radical (unpaired) electrons. The molecule has 1 unspecified atom stereocenters. The van der Waals surface area contributed by atoms with Crippen molar-refractivity contribution in [3.63, 3.8) is 0 Å². The highest BCUT2D eigenvalue weighted by Crippen LogP contribution is 2.20. The van der Waals surface area contributed by atoms with Gasteiger partial charge < -0.3 is 10.0 Å². The monoisotopic (exact) mass is 387 g/mol. The van der Waals surface area contributed by atoms with Crippen LogP contribution in [0.2, 0.25) is 0 Å². The van der Waals surface area contributed by atoms with Gasteiger partial charge in [-0.05, 0) is 41.8 Å². The van der Waals surface area contributed by atoms with Crippen molar-refractivity contribution in [1.82, 2.24) is 9.88 Å². The van der Waals surface area contributed by atoms with Gasteiger partial charge in [0.1, 0.15) is 0 Å². The first-order valence-electron chi connectivity index (χ1n) is 9.95. The number of hydrogen-bond donors (Lipinski definition) is 1. The lowest BCUT2D eigenvalue weighted by molar-refractivity contribution is 0.0903. The molecule has 0 saturated carbocycles. The minimum atomic E-state index is -0.659. The van der Waals surface area contributed by atoms with E-state index < -0.39 is 6.10 Å². The van der Waals surface area contributed by atoms with Gasteiger partial charge >= 0.3 is 0 Å². The number of β-amino-alcohol motifs (C(OH)–C–C–N with tert-alkyl or cyclic N) is 1. The Hall–Kier alpha value is -3.02. The molecule has 4 rings (SSSR count). The predicted molar refractivity (Wildman–Crippen MR) is 114 cm³/mol. The van der Waals surface area contributed by atoms with Crippen molar-refractivity contribution in [3.05, 3.63) is 95.8 Å². The highest BCUT2D eigenvalue weighted by atomic mass is 16.3. The maximum atomic E-state index is 13.1. The molecule has 0 spiro atoms. The fourth-order valence-electron chi connectivity index (χ4n) is 3.83. The molecule has 5 heteroatoms. The molecule has 1 atom stereocenters. The Balaban J connectivity index is 1.47. The van der Waals surface area contributed by atoms with E-state index in [-0.39, 0.29) is 12.5 Å². The van der Waals surface area contributed by atoms with Gasteiger partial charge in [-0.3, -0.25) is 14.7 Å². The highest BCUT2D eigenvalue weighted by Gasteiger charge is 2.24. The molecule has 148 valence electrons. The van der Waals surface area contributed by atoms with E-state index in [4.69, 9.17) is 0 Å². The zero-order valence-corrected chi connectivity index (χ0v) is 16.3. The van der Waals surface area contributed by atoms with Crippen LogP contribution >= 0.6 is 0 Å². The van der Waals surface area contributed by atoms with Gasteiger partial charge in [0, 0.05) is 31.4 Å². The average Bonchev–Trinajstić information content (AvgIpc) is 2.78. The zero-order chi connectivity index (χ0) is 20.1. The largest absolute Gasteiger partial charge is 0.390 e. The quantitative estimate of drug-likeness (QED) is 0.706. The minimum absolute atomic E-state index is 0.137. The number of carbonyl (C=O) groups is 1. The Labute approximate surface area is 171 Å². The molecule has 0 aliphatic carbocycles. The Kier molecular flexibility index (Phi) is 5.98. The summed E-state index contributed by atoms with van der Waals surface area (Å²) in [5, 5.41) is 10.8. The zero-order valence-electron chi connectivity index (χ0n) is 16.3. The normalized spacial score (nSPS) is 14.8. The Bertz CT molecular complexity index is 947. The summed E-state index contributed by atoms with van der Waals surface area (Å²) in [6, 6.07) is 21.2. The van der Waals surface area contributed by atoms with E-state index in [1.165, 1.54) is 11.1 Å². The van der Waals surface area contributed by atoms with Crippen molar-refractivity contribution in [3.8, 4) is 0 Å². The Morgan fingerprint density at radius 2 is 1.79 bits per heavy atom. The topological polar surface area (TPSA) is 56.7 Å². The summed E-state index contributed by atoms with van der Waals surface area (Å²) in [6.45, 7) is 2.48. The molecule has 1 amide bonds. The van der Waals surface area contributed by atoms with Crippen LogP contribution < -0.4 is 4.90 Å². The molecule has 0 fully saturated rings. The maximum Gasteiger partial charge on any atom is 0.258 e. The van der Waals surface area contributed by atoms with Gasteiger partial charge in [-0.25, -0.2) is 0 Å². The number of benzene rings is 2. The number of rotatable bonds is 6. The van der Waals surface area contributed by atoms with E-state index in [1.807, 2.05) is 24.3 Å². The summed E-state index contributed by atoms with van der Waals surface area (Å²) >= 11 is 0. The van der Waals surface area contributed by atoms with Crippen molar-refractivity contribution < 1.29 is 9.90 Å². The van der Waals surface area contributed by atoms with Crippen molar-refractivity contribution in [2.24, 2.45) is 0 Å². The second-order valence-electron chi connectivity index (χ2n) is 7.40. The summed E-state index contributed by atoms with van der Waals surface area (Å²) in [5.74, 6) is -0.137. The Morgan fingerprint density at radius 1 is 1.03 bits per heavy atom. The van der Waals surface area contributed by atoms with Crippen LogP contribution in [0.15, 0.2) is 79.1 Å². The summed E-state index contributed by atoms with van der Waals surface area (Å²) in [6.07, 6.45) is 3.66. The molecule has 1 N–H and O–H groups in total. The molecule has 29 heavy (non-hydrogen) atoms. The number of aromatic nitrogens is 1. The molecule has 0 bridgehead atoms. The number of pyridine rings is 1. The van der Waals surface area contributed by atoms with Crippen molar-refractivity contribution in [2.75, 3.05) is 24.5 Å². The first-order valence-corrected chi connectivity index (χ1v) is 9.95. The number of anilines is 1. The smallest absolute Gasteiger partial charge is 0.258 e.